The summed E-state index contributed by atoms with van der Waals surface area (Å²) >= 11 is 0. The number of ether oxygens (including phenoxy) is 1. The topological polar surface area (TPSA) is 116 Å². The molecule has 2 saturated heterocycles. The van der Waals surface area contributed by atoms with Crippen LogP contribution in [0.5, 0.6) is 5.75 Å². The van der Waals surface area contributed by atoms with Crippen LogP contribution in [0.4, 0.5) is 5.69 Å². The van der Waals surface area contributed by atoms with Crippen molar-refractivity contribution in [2.45, 2.75) is 58.6 Å². The first-order valence-electron chi connectivity index (χ1n) is 15.3. The fourth-order valence-corrected chi connectivity index (χ4v) is 5.91. The van der Waals surface area contributed by atoms with Gasteiger partial charge in [0.1, 0.15) is 17.5 Å². The highest BCUT2D eigenvalue weighted by Gasteiger charge is 2.27. The Kier molecular flexibility index (Phi) is 10.0. The van der Waals surface area contributed by atoms with Gasteiger partial charge in [-0.2, -0.15) is 5.26 Å². The number of ketones is 1. The highest BCUT2D eigenvalue weighted by molar-refractivity contribution is 5.97. The van der Waals surface area contributed by atoms with Gasteiger partial charge >= 0.3 is 0 Å². The van der Waals surface area contributed by atoms with Gasteiger partial charge in [0.15, 0.2) is 5.78 Å². The molecule has 2 aliphatic rings. The zero-order valence-electron chi connectivity index (χ0n) is 25.4. The number of benzene rings is 2. The standard InChI is InChI=1S/C35H39N5O4/c1-24-3-10-34(32(19-24)38-25(2)41)44-30-13-17-40(18-14-30)35(43)31-9-8-29(22-37-31)33(42)20-26-11-15-39(16-12-26)23-28-6-4-27(21-36)5-7-28/h3-10,19,22,26,30H,11-18,20,23H2,1-2H3,(H,38,41). The molecular formula is C35H39N5O4. The zero-order valence-corrected chi connectivity index (χ0v) is 25.4. The lowest BCUT2D eigenvalue weighted by Gasteiger charge is -2.32. The van der Waals surface area contributed by atoms with E-state index in [1.165, 1.54) is 18.7 Å². The number of anilines is 1. The molecule has 0 aliphatic carbocycles. The number of aryl methyl sites for hydroxylation is 1. The first-order chi connectivity index (χ1) is 21.3. The summed E-state index contributed by atoms with van der Waals surface area (Å²) in [4.78, 5) is 46.3. The van der Waals surface area contributed by atoms with Crippen LogP contribution in [0, 0.1) is 24.2 Å². The molecule has 0 bridgehead atoms. The lowest BCUT2D eigenvalue weighted by Crippen LogP contribution is -2.42. The molecule has 1 N–H and O–H groups in total. The Hall–Kier alpha value is -4.55. The summed E-state index contributed by atoms with van der Waals surface area (Å²) < 4.78 is 6.20. The van der Waals surface area contributed by atoms with E-state index in [0.29, 0.717) is 66.5 Å². The second-order valence-corrected chi connectivity index (χ2v) is 11.9. The quantitative estimate of drug-likeness (QED) is 0.331. The monoisotopic (exact) mass is 593 g/mol. The predicted molar refractivity (Wildman–Crippen MR) is 167 cm³/mol. The zero-order chi connectivity index (χ0) is 31.1. The summed E-state index contributed by atoms with van der Waals surface area (Å²) in [5, 5.41) is 11.8. The maximum Gasteiger partial charge on any atom is 0.272 e. The minimum atomic E-state index is -0.154. The van der Waals surface area contributed by atoms with Crippen molar-refractivity contribution in [3.05, 3.63) is 88.7 Å². The van der Waals surface area contributed by atoms with Crippen molar-refractivity contribution in [2.24, 2.45) is 5.92 Å². The van der Waals surface area contributed by atoms with Gasteiger partial charge in [-0.05, 0) is 86.3 Å². The number of pyridine rings is 1. The molecule has 3 heterocycles. The van der Waals surface area contributed by atoms with Gasteiger partial charge in [-0.15, -0.1) is 0 Å². The highest BCUT2D eigenvalue weighted by Crippen LogP contribution is 2.29. The number of likely N-dealkylation sites (tertiary alicyclic amines) is 2. The maximum absolute atomic E-state index is 13.1. The molecule has 2 fully saturated rings. The number of nitriles is 1. The highest BCUT2D eigenvalue weighted by atomic mass is 16.5. The Labute approximate surface area is 258 Å². The molecule has 9 nitrogen and oxygen atoms in total. The fourth-order valence-electron chi connectivity index (χ4n) is 5.91. The average molecular weight is 594 g/mol. The number of piperidine rings is 2. The van der Waals surface area contributed by atoms with Gasteiger partial charge in [-0.1, -0.05) is 18.2 Å². The van der Waals surface area contributed by atoms with Crippen molar-refractivity contribution < 1.29 is 19.1 Å². The summed E-state index contributed by atoms with van der Waals surface area (Å²) in [6.07, 6.45) is 5.22. The van der Waals surface area contributed by atoms with Crippen LogP contribution in [-0.4, -0.2) is 64.7 Å². The van der Waals surface area contributed by atoms with Crippen LogP contribution in [0.15, 0.2) is 60.8 Å². The number of carbonyl (C=O) groups is 3. The number of carbonyl (C=O) groups excluding carboxylic acids is 3. The van der Waals surface area contributed by atoms with Crippen LogP contribution in [0.25, 0.3) is 0 Å². The number of nitrogens with zero attached hydrogens (tertiary/aromatic N) is 4. The van der Waals surface area contributed by atoms with Crippen LogP contribution in [0.1, 0.15) is 76.6 Å². The smallest absolute Gasteiger partial charge is 0.272 e. The van der Waals surface area contributed by atoms with Crippen LogP contribution >= 0.6 is 0 Å². The van der Waals surface area contributed by atoms with Gasteiger partial charge in [-0.3, -0.25) is 24.3 Å². The largest absolute Gasteiger partial charge is 0.488 e. The maximum atomic E-state index is 13.1. The van der Waals surface area contributed by atoms with Crippen LogP contribution in [0.2, 0.25) is 0 Å². The second kappa shape index (κ2) is 14.3. The van der Waals surface area contributed by atoms with E-state index < -0.39 is 0 Å². The van der Waals surface area contributed by atoms with E-state index >= 15 is 0 Å². The summed E-state index contributed by atoms with van der Waals surface area (Å²) in [6, 6.07) is 18.9. The molecule has 9 heteroatoms. The van der Waals surface area contributed by atoms with Crippen LogP contribution in [0.3, 0.4) is 0 Å². The van der Waals surface area contributed by atoms with E-state index in [-0.39, 0.29) is 23.7 Å². The first-order valence-corrected chi connectivity index (χ1v) is 15.3. The van der Waals surface area contributed by atoms with Gasteiger partial charge in [0.25, 0.3) is 5.91 Å². The van der Waals surface area contributed by atoms with E-state index in [0.717, 1.165) is 38.0 Å². The Balaban J connectivity index is 1.06. The molecule has 0 spiro atoms. The van der Waals surface area contributed by atoms with Crippen LogP contribution < -0.4 is 10.1 Å². The predicted octanol–water partition coefficient (Wildman–Crippen LogP) is 5.39. The Bertz CT molecular complexity index is 1510. The fraction of sp³-hybridized carbons (Fsp3) is 0.400. The normalized spacial score (nSPS) is 16.2. The van der Waals surface area contributed by atoms with E-state index in [2.05, 4.69) is 21.3 Å². The average Bonchev–Trinajstić information content (AvgIpc) is 3.03. The van der Waals surface area contributed by atoms with E-state index in [1.54, 1.807) is 17.0 Å². The molecule has 3 aromatic rings. The molecule has 0 unspecified atom stereocenters. The third kappa shape index (κ3) is 8.08. The number of hydrogen-bond acceptors (Lipinski definition) is 7. The molecule has 2 aliphatic heterocycles. The lowest BCUT2D eigenvalue weighted by atomic mass is 9.90. The Morgan fingerprint density at radius 1 is 0.977 bits per heavy atom. The van der Waals surface area contributed by atoms with Crippen molar-refractivity contribution in [3.8, 4) is 11.8 Å². The van der Waals surface area contributed by atoms with E-state index in [9.17, 15) is 14.4 Å². The number of rotatable bonds is 9. The van der Waals surface area contributed by atoms with Gasteiger partial charge in [0.05, 0.1) is 17.3 Å². The second-order valence-electron chi connectivity index (χ2n) is 11.9. The Morgan fingerprint density at radius 2 is 1.70 bits per heavy atom. The van der Waals surface area contributed by atoms with E-state index in [4.69, 9.17) is 10.00 Å². The molecule has 0 saturated carbocycles. The minimum Gasteiger partial charge on any atom is -0.488 e. The first kappa shape index (κ1) is 30.9. The van der Waals surface area contributed by atoms with Crippen molar-refractivity contribution in [1.82, 2.24) is 14.8 Å². The number of aromatic nitrogens is 1. The molecule has 2 aromatic carbocycles. The molecule has 2 amide bonds. The van der Waals surface area contributed by atoms with Crippen molar-refractivity contribution in [3.63, 3.8) is 0 Å². The minimum absolute atomic E-state index is 0.0646. The summed E-state index contributed by atoms with van der Waals surface area (Å²) in [5.74, 6) is 0.727. The Morgan fingerprint density at radius 3 is 2.34 bits per heavy atom. The lowest BCUT2D eigenvalue weighted by molar-refractivity contribution is -0.114. The van der Waals surface area contributed by atoms with Gasteiger partial charge < -0.3 is 15.0 Å². The van der Waals surface area contributed by atoms with Crippen LogP contribution in [-0.2, 0) is 11.3 Å². The van der Waals surface area contributed by atoms with Crippen molar-refractivity contribution in [2.75, 3.05) is 31.5 Å². The van der Waals surface area contributed by atoms with Gasteiger partial charge in [-0.25, -0.2) is 0 Å². The number of hydrogen-bond donors (Lipinski definition) is 1. The summed E-state index contributed by atoms with van der Waals surface area (Å²) in [7, 11) is 0. The number of amides is 2. The SMILES string of the molecule is CC(=O)Nc1cc(C)ccc1OC1CCN(C(=O)c2ccc(C(=O)CC3CCN(Cc4ccc(C#N)cc4)CC3)cn2)CC1. The number of Topliss-reactive ketones (excluding diaryl/α,β-unsaturated/α-hetero) is 1. The molecule has 1 aromatic heterocycles. The molecule has 5 rings (SSSR count). The van der Waals surface area contributed by atoms with Crippen molar-refractivity contribution >= 4 is 23.3 Å². The third-order valence-electron chi connectivity index (χ3n) is 8.44. The number of nitrogens with one attached hydrogen (secondary N) is 1. The van der Waals surface area contributed by atoms with Gasteiger partial charge in [0.2, 0.25) is 5.91 Å². The summed E-state index contributed by atoms with van der Waals surface area (Å²) in [6.45, 7) is 7.23. The summed E-state index contributed by atoms with van der Waals surface area (Å²) in [5.41, 5.74) is 4.42. The molecule has 44 heavy (non-hydrogen) atoms. The van der Waals surface area contributed by atoms with Gasteiger partial charge in [0, 0.05) is 57.6 Å². The third-order valence-corrected chi connectivity index (χ3v) is 8.44. The van der Waals surface area contributed by atoms with E-state index in [1.807, 2.05) is 49.4 Å². The molecule has 228 valence electrons. The van der Waals surface area contributed by atoms with Crippen molar-refractivity contribution in [1.29, 1.82) is 5.26 Å². The molecular weight excluding hydrogens is 554 g/mol. The molecule has 0 atom stereocenters. The molecule has 0 radical (unpaired) electrons.